The van der Waals surface area contributed by atoms with Gasteiger partial charge in [0.25, 0.3) is 0 Å². The highest BCUT2D eigenvalue weighted by Crippen LogP contribution is 2.10. The molecule has 80 valence electrons. The molecule has 1 aromatic rings. The van der Waals surface area contributed by atoms with Gasteiger partial charge >= 0.3 is 0 Å². The molecule has 0 aliphatic heterocycles. The van der Waals surface area contributed by atoms with Crippen molar-refractivity contribution in [3.8, 4) is 0 Å². The normalized spacial score (nSPS) is 11.5. The summed E-state index contributed by atoms with van der Waals surface area (Å²) in [6.07, 6.45) is 1.91. The van der Waals surface area contributed by atoms with E-state index < -0.39 is 0 Å². The van der Waals surface area contributed by atoms with Crippen LogP contribution in [0.4, 0.5) is 0 Å². The minimum Gasteiger partial charge on any atom is -0.402 e. The summed E-state index contributed by atoms with van der Waals surface area (Å²) in [4.78, 5) is 11.5. The predicted molar refractivity (Wildman–Crippen MR) is 62.6 cm³/mol. The van der Waals surface area contributed by atoms with Gasteiger partial charge < -0.3 is 5.73 Å². The van der Waals surface area contributed by atoms with Crippen molar-refractivity contribution in [3.05, 3.63) is 46.7 Å². The molecule has 0 bridgehead atoms. The third-order valence-corrected chi connectivity index (χ3v) is 2.34. The Labute approximate surface area is 90.8 Å². The van der Waals surface area contributed by atoms with Gasteiger partial charge in [-0.25, -0.2) is 0 Å². The topological polar surface area (TPSA) is 43.1 Å². The number of aryl methyl sites for hydroxylation is 2. The van der Waals surface area contributed by atoms with Gasteiger partial charge in [0.1, 0.15) is 0 Å². The summed E-state index contributed by atoms with van der Waals surface area (Å²) in [5.41, 5.74) is 9.51. The van der Waals surface area contributed by atoms with E-state index in [4.69, 9.17) is 5.73 Å². The van der Waals surface area contributed by atoms with Crippen LogP contribution in [-0.4, -0.2) is 5.78 Å². The second-order valence-corrected chi connectivity index (χ2v) is 3.95. The van der Waals surface area contributed by atoms with Crippen molar-refractivity contribution >= 4 is 5.78 Å². The summed E-state index contributed by atoms with van der Waals surface area (Å²) in [6, 6.07) is 6.07. The zero-order valence-corrected chi connectivity index (χ0v) is 9.50. The van der Waals surface area contributed by atoms with Crippen LogP contribution in [0.5, 0.6) is 0 Å². The van der Waals surface area contributed by atoms with Gasteiger partial charge in [-0.05, 0) is 43.5 Å². The van der Waals surface area contributed by atoms with Crippen molar-refractivity contribution in [3.63, 3.8) is 0 Å². The van der Waals surface area contributed by atoms with Crippen LogP contribution in [-0.2, 0) is 11.2 Å². The van der Waals surface area contributed by atoms with E-state index in [9.17, 15) is 4.79 Å². The Morgan fingerprint density at radius 2 is 2.00 bits per heavy atom. The molecular weight excluding hydrogens is 186 g/mol. The van der Waals surface area contributed by atoms with Gasteiger partial charge in [0, 0.05) is 12.1 Å². The van der Waals surface area contributed by atoms with Crippen molar-refractivity contribution in [2.75, 3.05) is 0 Å². The number of benzene rings is 1. The van der Waals surface area contributed by atoms with E-state index in [1.165, 1.54) is 17.2 Å². The average Bonchev–Trinajstić information content (AvgIpc) is 2.10. The lowest BCUT2D eigenvalue weighted by Crippen LogP contribution is -2.03. The summed E-state index contributed by atoms with van der Waals surface area (Å²) in [5, 5.41) is 0. The van der Waals surface area contributed by atoms with Gasteiger partial charge in [-0.3, -0.25) is 4.79 Å². The molecule has 0 saturated heterocycles. The largest absolute Gasteiger partial charge is 0.402 e. The van der Waals surface area contributed by atoms with Gasteiger partial charge in [-0.15, -0.1) is 0 Å². The summed E-state index contributed by atoms with van der Waals surface area (Å²) in [7, 11) is 0. The molecule has 2 nitrogen and oxygen atoms in total. The van der Waals surface area contributed by atoms with Crippen LogP contribution in [0.1, 0.15) is 23.6 Å². The third kappa shape index (κ3) is 3.58. The molecule has 0 heterocycles. The fraction of sp³-hybridized carbons (Fsp3) is 0.308. The molecule has 0 spiro atoms. The second kappa shape index (κ2) is 4.78. The molecule has 0 radical (unpaired) electrons. The summed E-state index contributed by atoms with van der Waals surface area (Å²) in [6.45, 7) is 5.83. The number of carbonyl (C=O) groups is 1. The first-order valence-electron chi connectivity index (χ1n) is 5.02. The van der Waals surface area contributed by atoms with Crippen molar-refractivity contribution in [1.29, 1.82) is 0 Å². The van der Waals surface area contributed by atoms with Gasteiger partial charge in [0.05, 0.1) is 0 Å². The maximum absolute atomic E-state index is 11.5. The Kier molecular flexibility index (Phi) is 3.67. The minimum atomic E-state index is 0.0539. The van der Waals surface area contributed by atoms with Crippen molar-refractivity contribution < 1.29 is 4.79 Å². The maximum Gasteiger partial charge on any atom is 0.161 e. The van der Waals surface area contributed by atoms with Crippen LogP contribution < -0.4 is 5.73 Å². The highest BCUT2D eigenvalue weighted by Gasteiger charge is 2.01. The van der Waals surface area contributed by atoms with E-state index in [0.29, 0.717) is 12.1 Å². The van der Waals surface area contributed by atoms with Gasteiger partial charge in [-0.2, -0.15) is 0 Å². The Balaban J connectivity index is 2.78. The van der Waals surface area contributed by atoms with Crippen LogP contribution in [0.25, 0.3) is 0 Å². The summed E-state index contributed by atoms with van der Waals surface area (Å²) in [5.74, 6) is 0.0539. The Morgan fingerprint density at radius 1 is 1.33 bits per heavy atom. The predicted octanol–water partition coefficient (Wildman–Crippen LogP) is 2.28. The molecule has 1 aromatic carbocycles. The van der Waals surface area contributed by atoms with Crippen LogP contribution in [0.2, 0.25) is 0 Å². The fourth-order valence-electron chi connectivity index (χ4n) is 1.42. The second-order valence-electron chi connectivity index (χ2n) is 3.95. The van der Waals surface area contributed by atoms with Crippen LogP contribution in [0.3, 0.4) is 0 Å². The van der Waals surface area contributed by atoms with E-state index in [1.807, 2.05) is 25.1 Å². The maximum atomic E-state index is 11.5. The van der Waals surface area contributed by atoms with Gasteiger partial charge in [-0.1, -0.05) is 18.2 Å². The van der Waals surface area contributed by atoms with E-state index in [2.05, 4.69) is 6.92 Å². The molecule has 2 N–H and O–H groups in total. The number of nitrogens with two attached hydrogens (primary N) is 1. The van der Waals surface area contributed by atoms with E-state index in [0.717, 1.165) is 5.56 Å². The number of carbonyl (C=O) groups excluding carboxylic acids is 1. The standard InChI is InChI=1S/C13H17NO/c1-9-4-5-12(6-10(9)2)8-13(15)7-11(3)14/h4-7H,8,14H2,1-3H3/b11-7-. The van der Waals surface area contributed by atoms with E-state index in [1.54, 1.807) is 6.92 Å². The van der Waals surface area contributed by atoms with Crippen molar-refractivity contribution in [2.45, 2.75) is 27.2 Å². The third-order valence-electron chi connectivity index (χ3n) is 2.34. The van der Waals surface area contributed by atoms with E-state index in [-0.39, 0.29) is 5.78 Å². The molecule has 0 fully saturated rings. The molecule has 0 saturated carbocycles. The molecule has 1 rings (SSSR count). The number of ketones is 1. The van der Waals surface area contributed by atoms with E-state index >= 15 is 0 Å². The first kappa shape index (κ1) is 11.5. The number of rotatable bonds is 3. The molecule has 0 amide bonds. The lowest BCUT2D eigenvalue weighted by atomic mass is 10.0. The SMILES string of the molecule is C/C(N)=C/C(=O)Cc1ccc(C)c(C)c1. The molecule has 0 aromatic heterocycles. The quantitative estimate of drug-likeness (QED) is 0.766. The Hall–Kier alpha value is -1.57. The molecule has 0 unspecified atom stereocenters. The Bertz CT molecular complexity index is 401. The zero-order valence-electron chi connectivity index (χ0n) is 9.50. The average molecular weight is 203 g/mol. The summed E-state index contributed by atoms with van der Waals surface area (Å²) < 4.78 is 0. The number of hydrogen-bond acceptors (Lipinski definition) is 2. The van der Waals surface area contributed by atoms with Crippen molar-refractivity contribution in [2.24, 2.45) is 5.73 Å². The fourth-order valence-corrected chi connectivity index (χ4v) is 1.42. The van der Waals surface area contributed by atoms with Crippen LogP contribution in [0.15, 0.2) is 30.0 Å². The number of hydrogen-bond donors (Lipinski definition) is 1. The van der Waals surface area contributed by atoms with Gasteiger partial charge in [0.15, 0.2) is 5.78 Å². The smallest absolute Gasteiger partial charge is 0.161 e. The first-order valence-corrected chi connectivity index (χ1v) is 5.02. The summed E-state index contributed by atoms with van der Waals surface area (Å²) >= 11 is 0. The zero-order chi connectivity index (χ0) is 11.4. The highest BCUT2D eigenvalue weighted by molar-refractivity contribution is 5.91. The highest BCUT2D eigenvalue weighted by atomic mass is 16.1. The lowest BCUT2D eigenvalue weighted by molar-refractivity contribution is -0.114. The Morgan fingerprint density at radius 3 is 2.53 bits per heavy atom. The minimum absolute atomic E-state index is 0.0539. The molecule has 2 heteroatoms. The van der Waals surface area contributed by atoms with Gasteiger partial charge in [0.2, 0.25) is 0 Å². The van der Waals surface area contributed by atoms with Crippen LogP contribution in [0, 0.1) is 13.8 Å². The monoisotopic (exact) mass is 203 g/mol. The lowest BCUT2D eigenvalue weighted by Gasteiger charge is -2.03. The first-order chi connectivity index (χ1) is 6.99. The molecular formula is C13H17NO. The molecule has 0 atom stereocenters. The molecule has 0 aliphatic carbocycles. The molecule has 0 aliphatic rings. The van der Waals surface area contributed by atoms with Crippen LogP contribution >= 0.6 is 0 Å². The number of allylic oxidation sites excluding steroid dienone is 2. The van der Waals surface area contributed by atoms with Crippen molar-refractivity contribution in [1.82, 2.24) is 0 Å². The molecule has 15 heavy (non-hydrogen) atoms.